The van der Waals surface area contributed by atoms with Crippen molar-refractivity contribution in [3.05, 3.63) is 64.7 Å². The van der Waals surface area contributed by atoms with Crippen molar-refractivity contribution < 1.29 is 14.7 Å². The molecule has 1 heterocycles. The van der Waals surface area contributed by atoms with Crippen molar-refractivity contribution in [1.29, 1.82) is 0 Å². The average Bonchev–Trinajstić information content (AvgIpc) is 3.04. The van der Waals surface area contributed by atoms with Gasteiger partial charge >= 0.3 is 5.97 Å². The van der Waals surface area contributed by atoms with Gasteiger partial charge in [-0.3, -0.25) is 14.5 Å². The predicted octanol–water partition coefficient (Wildman–Crippen LogP) is 3.64. The van der Waals surface area contributed by atoms with Crippen molar-refractivity contribution in [2.75, 3.05) is 11.9 Å². The first-order valence-corrected chi connectivity index (χ1v) is 8.54. The number of carbonyl (C=O) groups is 2. The van der Waals surface area contributed by atoms with Crippen LogP contribution in [0, 0.1) is 0 Å². The van der Waals surface area contributed by atoms with Crippen LogP contribution < -0.4 is 5.32 Å². The molecule has 0 aliphatic carbocycles. The Kier molecular flexibility index (Phi) is 5.36. The number of nitrogens with one attached hydrogen (secondary N) is 1. The van der Waals surface area contributed by atoms with Gasteiger partial charge in [-0.1, -0.05) is 35.9 Å². The van der Waals surface area contributed by atoms with Crippen LogP contribution in [0.25, 0.3) is 0 Å². The predicted molar refractivity (Wildman–Crippen MR) is 96.9 cm³/mol. The molecule has 5 nitrogen and oxygen atoms in total. The zero-order chi connectivity index (χ0) is 17.8. The van der Waals surface area contributed by atoms with Gasteiger partial charge < -0.3 is 10.4 Å². The summed E-state index contributed by atoms with van der Waals surface area (Å²) >= 11 is 6.05. The largest absolute Gasteiger partial charge is 0.480 e. The third-order valence-corrected chi connectivity index (χ3v) is 4.67. The fourth-order valence-corrected chi connectivity index (χ4v) is 3.34. The number of amides is 1. The smallest absolute Gasteiger partial charge is 0.320 e. The van der Waals surface area contributed by atoms with E-state index >= 15 is 0 Å². The summed E-state index contributed by atoms with van der Waals surface area (Å²) in [5.74, 6) is -1.05. The number of aliphatic carboxylic acids is 1. The van der Waals surface area contributed by atoms with Crippen LogP contribution in [-0.2, 0) is 11.3 Å². The lowest BCUT2D eigenvalue weighted by Gasteiger charge is -2.21. The van der Waals surface area contributed by atoms with E-state index in [-0.39, 0.29) is 5.91 Å². The van der Waals surface area contributed by atoms with Crippen LogP contribution in [0.15, 0.2) is 48.5 Å². The van der Waals surface area contributed by atoms with Gasteiger partial charge in [0.15, 0.2) is 0 Å². The first-order valence-electron chi connectivity index (χ1n) is 8.16. The molecule has 0 spiro atoms. The minimum atomic E-state index is -0.777. The maximum atomic E-state index is 12.3. The first kappa shape index (κ1) is 17.5. The molecule has 0 radical (unpaired) electrons. The molecule has 1 amide bonds. The van der Waals surface area contributed by atoms with Crippen LogP contribution >= 0.6 is 11.6 Å². The molecule has 25 heavy (non-hydrogen) atoms. The third kappa shape index (κ3) is 4.18. The summed E-state index contributed by atoms with van der Waals surface area (Å²) in [6.07, 6.45) is 1.57. The zero-order valence-corrected chi connectivity index (χ0v) is 14.4. The Morgan fingerprint density at radius 3 is 2.76 bits per heavy atom. The number of nitrogens with zero attached hydrogens (tertiary/aromatic N) is 1. The fourth-order valence-electron chi connectivity index (χ4n) is 3.12. The lowest BCUT2D eigenvalue weighted by Crippen LogP contribution is -2.35. The van der Waals surface area contributed by atoms with Gasteiger partial charge in [0.05, 0.1) is 10.6 Å². The summed E-state index contributed by atoms with van der Waals surface area (Å²) in [5, 5.41) is 12.5. The van der Waals surface area contributed by atoms with Crippen LogP contribution in [0.1, 0.15) is 28.8 Å². The van der Waals surface area contributed by atoms with E-state index in [1.54, 1.807) is 30.3 Å². The number of carbonyl (C=O) groups excluding carboxylic acids is 1. The van der Waals surface area contributed by atoms with E-state index in [0.29, 0.717) is 29.2 Å². The Hall–Kier alpha value is -2.37. The standard InChI is InChI=1S/C19H19ClN2O3/c20-16-8-2-1-7-15(16)18(23)21-14-6-3-5-13(11-14)12-22-10-4-9-17(22)19(24)25/h1-3,5-8,11,17H,4,9-10,12H2,(H,21,23)(H,24,25). The molecule has 1 fully saturated rings. The molecular weight excluding hydrogens is 340 g/mol. The third-order valence-electron chi connectivity index (χ3n) is 4.34. The van der Waals surface area contributed by atoms with Gasteiger partial charge in [0.25, 0.3) is 5.91 Å². The molecule has 0 aromatic heterocycles. The Morgan fingerprint density at radius 1 is 1.20 bits per heavy atom. The van der Waals surface area contributed by atoms with Gasteiger partial charge in [-0.2, -0.15) is 0 Å². The highest BCUT2D eigenvalue weighted by molar-refractivity contribution is 6.34. The molecule has 2 aromatic carbocycles. The summed E-state index contributed by atoms with van der Waals surface area (Å²) in [6.45, 7) is 1.32. The highest BCUT2D eigenvalue weighted by Crippen LogP contribution is 2.22. The number of rotatable bonds is 5. The minimum Gasteiger partial charge on any atom is -0.480 e. The van der Waals surface area contributed by atoms with Crippen molar-refractivity contribution >= 4 is 29.2 Å². The van der Waals surface area contributed by atoms with E-state index in [1.807, 2.05) is 23.1 Å². The normalized spacial score (nSPS) is 17.4. The molecule has 1 aliphatic rings. The topological polar surface area (TPSA) is 69.6 Å². The maximum absolute atomic E-state index is 12.3. The summed E-state index contributed by atoms with van der Waals surface area (Å²) in [7, 11) is 0. The molecule has 1 atom stereocenters. The van der Waals surface area contributed by atoms with Crippen LogP contribution in [0.2, 0.25) is 5.02 Å². The number of hydrogen-bond donors (Lipinski definition) is 2. The van der Waals surface area contributed by atoms with Crippen molar-refractivity contribution in [2.45, 2.75) is 25.4 Å². The number of hydrogen-bond acceptors (Lipinski definition) is 3. The lowest BCUT2D eigenvalue weighted by atomic mass is 10.1. The molecular formula is C19H19ClN2O3. The number of anilines is 1. The van der Waals surface area contributed by atoms with Crippen LogP contribution in [0.3, 0.4) is 0 Å². The Labute approximate surface area is 151 Å². The molecule has 1 aliphatic heterocycles. The maximum Gasteiger partial charge on any atom is 0.320 e. The van der Waals surface area contributed by atoms with Gasteiger partial charge in [0.2, 0.25) is 0 Å². The summed E-state index contributed by atoms with van der Waals surface area (Å²) in [6, 6.07) is 13.9. The number of likely N-dealkylation sites (tertiary alicyclic amines) is 1. The average molecular weight is 359 g/mol. The van der Waals surface area contributed by atoms with E-state index in [2.05, 4.69) is 5.32 Å². The fraction of sp³-hybridized carbons (Fsp3) is 0.263. The van der Waals surface area contributed by atoms with Gasteiger partial charge in [0.1, 0.15) is 6.04 Å². The summed E-state index contributed by atoms with van der Waals surface area (Å²) in [4.78, 5) is 25.6. The van der Waals surface area contributed by atoms with E-state index in [1.165, 1.54) is 0 Å². The molecule has 0 saturated carbocycles. The number of carboxylic acid groups (broad SMARTS) is 1. The Balaban J connectivity index is 1.70. The molecule has 3 rings (SSSR count). The Morgan fingerprint density at radius 2 is 2.00 bits per heavy atom. The van der Waals surface area contributed by atoms with Crippen LogP contribution in [0.5, 0.6) is 0 Å². The quantitative estimate of drug-likeness (QED) is 0.856. The van der Waals surface area contributed by atoms with Crippen molar-refractivity contribution in [2.24, 2.45) is 0 Å². The van der Waals surface area contributed by atoms with E-state index in [9.17, 15) is 14.7 Å². The van der Waals surface area contributed by atoms with Crippen molar-refractivity contribution in [3.8, 4) is 0 Å². The number of halogens is 1. The van der Waals surface area contributed by atoms with Gasteiger partial charge in [-0.25, -0.2) is 0 Å². The van der Waals surface area contributed by atoms with Crippen LogP contribution in [-0.4, -0.2) is 34.5 Å². The van der Waals surface area contributed by atoms with Crippen LogP contribution in [0.4, 0.5) is 5.69 Å². The molecule has 6 heteroatoms. The number of carboxylic acids is 1. The van der Waals surface area contributed by atoms with Crippen molar-refractivity contribution in [1.82, 2.24) is 4.90 Å². The molecule has 130 valence electrons. The second-order valence-electron chi connectivity index (χ2n) is 6.10. The lowest BCUT2D eigenvalue weighted by molar-refractivity contribution is -0.142. The van der Waals surface area contributed by atoms with E-state index in [4.69, 9.17) is 11.6 Å². The molecule has 2 N–H and O–H groups in total. The van der Waals surface area contributed by atoms with E-state index < -0.39 is 12.0 Å². The highest BCUT2D eigenvalue weighted by atomic mass is 35.5. The monoisotopic (exact) mass is 358 g/mol. The molecule has 1 unspecified atom stereocenters. The van der Waals surface area contributed by atoms with Gasteiger partial charge in [-0.05, 0) is 49.2 Å². The SMILES string of the molecule is O=C(Nc1cccc(CN2CCCC2C(=O)O)c1)c1ccccc1Cl. The summed E-state index contributed by atoms with van der Waals surface area (Å²) in [5.41, 5.74) is 2.04. The second-order valence-corrected chi connectivity index (χ2v) is 6.51. The minimum absolute atomic E-state index is 0.271. The molecule has 1 saturated heterocycles. The van der Waals surface area contributed by atoms with Gasteiger partial charge in [0, 0.05) is 12.2 Å². The van der Waals surface area contributed by atoms with Gasteiger partial charge in [-0.15, -0.1) is 0 Å². The zero-order valence-electron chi connectivity index (χ0n) is 13.6. The molecule has 0 bridgehead atoms. The first-order chi connectivity index (χ1) is 12.0. The van der Waals surface area contributed by atoms with E-state index in [0.717, 1.165) is 18.5 Å². The molecule has 2 aromatic rings. The highest BCUT2D eigenvalue weighted by Gasteiger charge is 2.30. The summed E-state index contributed by atoms with van der Waals surface area (Å²) < 4.78 is 0. The second kappa shape index (κ2) is 7.68. The Bertz CT molecular complexity index is 794. The van der Waals surface area contributed by atoms with Crippen molar-refractivity contribution in [3.63, 3.8) is 0 Å². The number of benzene rings is 2.